The van der Waals surface area contributed by atoms with E-state index in [0.717, 1.165) is 19.4 Å². The number of aliphatic hydroxyl groups is 1. The van der Waals surface area contributed by atoms with Crippen LogP contribution in [0.2, 0.25) is 0 Å². The first-order valence-corrected chi connectivity index (χ1v) is 5.34. The van der Waals surface area contributed by atoms with Crippen molar-refractivity contribution in [2.75, 3.05) is 18.0 Å². The van der Waals surface area contributed by atoms with Gasteiger partial charge in [-0.1, -0.05) is 6.07 Å². The molecule has 1 heterocycles. The average Bonchev–Trinajstić information content (AvgIpc) is 2.28. The number of aliphatic hydroxyl groups excluding tert-OH is 1. The molecule has 1 unspecified atom stereocenters. The summed E-state index contributed by atoms with van der Waals surface area (Å²) in [5.41, 5.74) is 0.651. The lowest BCUT2D eigenvalue weighted by molar-refractivity contribution is 0.154. The first-order chi connectivity index (χ1) is 7.72. The smallest absolute Gasteiger partial charge is 0.143 e. The molecule has 1 atom stereocenters. The maximum Gasteiger partial charge on any atom is 0.143 e. The van der Waals surface area contributed by atoms with E-state index in [0.29, 0.717) is 12.2 Å². The molecule has 0 aromatic heterocycles. The molecule has 1 fully saturated rings. The van der Waals surface area contributed by atoms with E-state index in [4.69, 9.17) is 5.26 Å². The van der Waals surface area contributed by atoms with Gasteiger partial charge < -0.3 is 10.0 Å². The van der Waals surface area contributed by atoms with Crippen LogP contribution < -0.4 is 4.90 Å². The quantitative estimate of drug-likeness (QED) is 0.783. The fraction of sp³-hybridized carbons (Fsp3) is 0.417. The molecule has 1 aliphatic rings. The molecule has 0 aliphatic carbocycles. The predicted octanol–water partition coefficient (Wildman–Crippen LogP) is 1.66. The number of nitrogens with zero attached hydrogens (tertiary/aromatic N) is 2. The Bertz CT molecular complexity index is 428. The van der Waals surface area contributed by atoms with E-state index in [1.165, 1.54) is 6.07 Å². The molecule has 1 saturated heterocycles. The van der Waals surface area contributed by atoms with Crippen molar-refractivity contribution in [2.24, 2.45) is 0 Å². The zero-order valence-electron chi connectivity index (χ0n) is 8.86. The standard InChI is InChI=1S/C12H13FN2O/c13-11-4-1-5-12(10(11)7-14)15-6-2-3-9(16)8-15/h1,4-5,9,16H,2-3,6,8H2. The molecule has 1 aliphatic heterocycles. The van der Waals surface area contributed by atoms with Crippen LogP contribution in [0.15, 0.2) is 18.2 Å². The first-order valence-electron chi connectivity index (χ1n) is 5.34. The number of β-amino-alcohol motifs (C(OH)–C–C–N with tert-alkyl or cyclic N) is 1. The molecular formula is C12H13FN2O. The molecule has 0 saturated carbocycles. The minimum atomic E-state index is -0.500. The van der Waals surface area contributed by atoms with Crippen LogP contribution in [0.5, 0.6) is 0 Å². The van der Waals surface area contributed by atoms with Gasteiger partial charge in [0.25, 0.3) is 0 Å². The highest BCUT2D eigenvalue weighted by Gasteiger charge is 2.21. The van der Waals surface area contributed by atoms with Crippen LogP contribution in [0.1, 0.15) is 18.4 Å². The monoisotopic (exact) mass is 220 g/mol. The van der Waals surface area contributed by atoms with Crippen molar-refractivity contribution in [2.45, 2.75) is 18.9 Å². The number of hydrogen-bond acceptors (Lipinski definition) is 3. The predicted molar refractivity (Wildman–Crippen MR) is 58.6 cm³/mol. The third kappa shape index (κ3) is 2.00. The number of nitriles is 1. The van der Waals surface area contributed by atoms with Crippen LogP contribution in [0, 0.1) is 17.1 Å². The lowest BCUT2D eigenvalue weighted by Crippen LogP contribution is -2.38. The van der Waals surface area contributed by atoms with Gasteiger partial charge in [0.2, 0.25) is 0 Å². The van der Waals surface area contributed by atoms with E-state index in [9.17, 15) is 9.50 Å². The van der Waals surface area contributed by atoms with Gasteiger partial charge in [-0.05, 0) is 25.0 Å². The van der Waals surface area contributed by atoms with E-state index < -0.39 is 5.82 Å². The summed E-state index contributed by atoms with van der Waals surface area (Å²) in [6, 6.07) is 6.47. The molecule has 0 spiro atoms. The number of benzene rings is 1. The zero-order chi connectivity index (χ0) is 11.5. The highest BCUT2D eigenvalue weighted by Crippen LogP contribution is 2.25. The minimum absolute atomic E-state index is 0.0663. The summed E-state index contributed by atoms with van der Waals surface area (Å²) in [6.07, 6.45) is 1.25. The second kappa shape index (κ2) is 4.50. The van der Waals surface area contributed by atoms with Gasteiger partial charge in [-0.2, -0.15) is 5.26 Å². The summed E-state index contributed by atoms with van der Waals surface area (Å²) >= 11 is 0. The molecule has 84 valence electrons. The van der Waals surface area contributed by atoms with Crippen LogP contribution in [-0.2, 0) is 0 Å². The summed E-state index contributed by atoms with van der Waals surface area (Å²) in [6.45, 7) is 1.23. The SMILES string of the molecule is N#Cc1c(F)cccc1N1CCCC(O)C1. The Morgan fingerprint density at radius 2 is 2.31 bits per heavy atom. The van der Waals surface area contributed by atoms with E-state index in [-0.39, 0.29) is 11.7 Å². The fourth-order valence-electron chi connectivity index (χ4n) is 2.06. The van der Waals surface area contributed by atoms with E-state index in [1.54, 1.807) is 12.1 Å². The Morgan fingerprint density at radius 1 is 1.50 bits per heavy atom. The van der Waals surface area contributed by atoms with Crippen molar-refractivity contribution >= 4 is 5.69 Å². The number of halogens is 1. The number of piperidine rings is 1. The van der Waals surface area contributed by atoms with Gasteiger partial charge in [0.05, 0.1) is 11.8 Å². The topological polar surface area (TPSA) is 47.3 Å². The van der Waals surface area contributed by atoms with E-state index in [1.807, 2.05) is 11.0 Å². The van der Waals surface area contributed by atoms with Gasteiger partial charge in [-0.25, -0.2) is 4.39 Å². The molecule has 0 radical (unpaired) electrons. The van der Waals surface area contributed by atoms with E-state index in [2.05, 4.69) is 0 Å². The van der Waals surface area contributed by atoms with Crippen molar-refractivity contribution in [3.05, 3.63) is 29.6 Å². The van der Waals surface area contributed by atoms with Crippen LogP contribution in [0.3, 0.4) is 0 Å². The molecule has 3 nitrogen and oxygen atoms in total. The van der Waals surface area contributed by atoms with Crippen molar-refractivity contribution in [3.8, 4) is 6.07 Å². The third-order valence-corrected chi connectivity index (χ3v) is 2.84. The Kier molecular flexibility index (Phi) is 3.07. The molecule has 2 rings (SSSR count). The molecule has 0 bridgehead atoms. The molecular weight excluding hydrogens is 207 g/mol. The highest BCUT2D eigenvalue weighted by atomic mass is 19.1. The number of anilines is 1. The van der Waals surface area contributed by atoms with Crippen molar-refractivity contribution < 1.29 is 9.50 Å². The van der Waals surface area contributed by atoms with Gasteiger partial charge >= 0.3 is 0 Å². The van der Waals surface area contributed by atoms with Crippen molar-refractivity contribution in [1.29, 1.82) is 5.26 Å². The molecule has 4 heteroatoms. The zero-order valence-corrected chi connectivity index (χ0v) is 8.86. The van der Waals surface area contributed by atoms with Gasteiger partial charge in [0, 0.05) is 13.1 Å². The van der Waals surface area contributed by atoms with Gasteiger partial charge in [0.1, 0.15) is 17.4 Å². The van der Waals surface area contributed by atoms with Crippen molar-refractivity contribution in [1.82, 2.24) is 0 Å². The van der Waals surface area contributed by atoms with Gasteiger partial charge in [-0.15, -0.1) is 0 Å². The van der Waals surface area contributed by atoms with Crippen molar-refractivity contribution in [3.63, 3.8) is 0 Å². The maximum atomic E-state index is 13.4. The average molecular weight is 220 g/mol. The fourth-order valence-corrected chi connectivity index (χ4v) is 2.06. The lowest BCUT2D eigenvalue weighted by Gasteiger charge is -2.32. The number of hydrogen-bond donors (Lipinski definition) is 1. The molecule has 1 N–H and O–H groups in total. The molecule has 16 heavy (non-hydrogen) atoms. The van der Waals surface area contributed by atoms with Crippen LogP contribution in [0.4, 0.5) is 10.1 Å². The third-order valence-electron chi connectivity index (χ3n) is 2.84. The van der Waals surface area contributed by atoms with Crippen LogP contribution in [-0.4, -0.2) is 24.3 Å². The van der Waals surface area contributed by atoms with Gasteiger partial charge in [-0.3, -0.25) is 0 Å². The maximum absolute atomic E-state index is 13.4. The second-order valence-corrected chi connectivity index (χ2v) is 3.99. The van der Waals surface area contributed by atoms with E-state index >= 15 is 0 Å². The highest BCUT2D eigenvalue weighted by molar-refractivity contribution is 5.60. The normalized spacial score (nSPS) is 20.6. The second-order valence-electron chi connectivity index (χ2n) is 3.99. The Labute approximate surface area is 93.7 Å². The Morgan fingerprint density at radius 3 is 3.00 bits per heavy atom. The summed E-state index contributed by atoms with van der Waals surface area (Å²) in [4.78, 5) is 1.87. The lowest BCUT2D eigenvalue weighted by atomic mass is 10.1. The minimum Gasteiger partial charge on any atom is -0.391 e. The first kappa shape index (κ1) is 10.9. The Hall–Kier alpha value is -1.60. The van der Waals surface area contributed by atoms with Gasteiger partial charge in [0.15, 0.2) is 0 Å². The Balaban J connectivity index is 2.33. The summed E-state index contributed by atoms with van der Waals surface area (Å²) < 4.78 is 13.4. The summed E-state index contributed by atoms with van der Waals surface area (Å²) in [7, 11) is 0. The molecule has 1 aromatic rings. The van der Waals surface area contributed by atoms with Crippen LogP contribution >= 0.6 is 0 Å². The molecule has 1 aromatic carbocycles. The number of rotatable bonds is 1. The molecule has 0 amide bonds. The van der Waals surface area contributed by atoms with Crippen LogP contribution in [0.25, 0.3) is 0 Å². The largest absolute Gasteiger partial charge is 0.391 e. The summed E-state index contributed by atoms with van der Waals surface area (Å²) in [5.74, 6) is -0.500. The summed E-state index contributed by atoms with van der Waals surface area (Å²) in [5, 5.41) is 18.5.